The fourth-order valence-corrected chi connectivity index (χ4v) is 9.61. The standard InChI is InChI=1S/C27H30BrN3O5S/c1-36-18-10-8-17(9-11-18)30-25(34)23-27-14-19(28)22(37-27)20(21(27)26(35)31(23)12-5-13-32)24(33)29-15-16-6-3-2-4-7-16/h2-4,6-11,19-23,32H,5,12-15H2,1H3,(H,29,33)(H,30,34)/t19?,20-,21+,22-,23?,27?/m1/s1. The van der Waals surface area contributed by atoms with Crippen LogP contribution in [0.25, 0.3) is 0 Å². The molecule has 3 unspecified atom stereocenters. The van der Waals surface area contributed by atoms with E-state index in [1.807, 2.05) is 30.3 Å². The molecule has 3 saturated heterocycles. The Labute approximate surface area is 228 Å². The molecule has 2 bridgehead atoms. The van der Waals surface area contributed by atoms with Crippen molar-refractivity contribution in [2.24, 2.45) is 11.8 Å². The van der Waals surface area contributed by atoms with Crippen molar-refractivity contribution in [3.05, 3.63) is 60.2 Å². The summed E-state index contributed by atoms with van der Waals surface area (Å²) >= 11 is 5.36. The number of thioether (sulfide) groups is 1. The summed E-state index contributed by atoms with van der Waals surface area (Å²) in [6, 6.07) is 15.9. The van der Waals surface area contributed by atoms with Gasteiger partial charge in [-0.2, -0.15) is 0 Å². The third-order valence-corrected chi connectivity index (χ3v) is 10.8. The number of fused-ring (bicyclic) bond motifs is 1. The molecule has 3 fully saturated rings. The minimum Gasteiger partial charge on any atom is -0.497 e. The quantitative estimate of drug-likeness (QED) is 0.389. The lowest BCUT2D eigenvalue weighted by atomic mass is 9.70. The van der Waals surface area contributed by atoms with Crippen LogP contribution in [-0.2, 0) is 20.9 Å². The second-order valence-corrected chi connectivity index (χ2v) is 12.4. The number of methoxy groups -OCH3 is 1. The molecule has 37 heavy (non-hydrogen) atoms. The van der Waals surface area contributed by atoms with Crippen LogP contribution in [0.5, 0.6) is 5.75 Å². The van der Waals surface area contributed by atoms with E-state index in [0.29, 0.717) is 30.8 Å². The van der Waals surface area contributed by atoms with Crippen LogP contribution in [0.3, 0.4) is 0 Å². The molecule has 2 aromatic rings. The molecule has 3 amide bonds. The van der Waals surface area contributed by atoms with Gasteiger partial charge in [0.05, 0.1) is 23.7 Å². The maximum absolute atomic E-state index is 13.9. The van der Waals surface area contributed by atoms with Crippen LogP contribution in [0.15, 0.2) is 54.6 Å². The Kier molecular flexibility index (Phi) is 7.51. The van der Waals surface area contributed by atoms with E-state index in [-0.39, 0.29) is 41.0 Å². The maximum atomic E-state index is 13.9. The fourth-order valence-electron chi connectivity index (χ4n) is 6.00. The van der Waals surface area contributed by atoms with E-state index in [2.05, 4.69) is 26.6 Å². The van der Waals surface area contributed by atoms with Gasteiger partial charge in [-0.3, -0.25) is 14.4 Å². The molecule has 0 aliphatic carbocycles. The van der Waals surface area contributed by atoms with Gasteiger partial charge in [0.1, 0.15) is 11.8 Å². The van der Waals surface area contributed by atoms with Gasteiger partial charge in [-0.25, -0.2) is 0 Å². The number of rotatable bonds is 9. The molecule has 196 valence electrons. The van der Waals surface area contributed by atoms with E-state index in [9.17, 15) is 19.5 Å². The number of anilines is 1. The summed E-state index contributed by atoms with van der Waals surface area (Å²) in [5, 5.41) is 15.4. The fraction of sp³-hybridized carbons (Fsp3) is 0.444. The third kappa shape index (κ3) is 4.64. The molecule has 6 atom stereocenters. The Bertz CT molecular complexity index is 1170. The van der Waals surface area contributed by atoms with Gasteiger partial charge >= 0.3 is 0 Å². The number of benzene rings is 2. The summed E-state index contributed by atoms with van der Waals surface area (Å²) in [6.45, 7) is 0.543. The Balaban J connectivity index is 1.42. The number of nitrogens with zero attached hydrogens (tertiary/aromatic N) is 1. The number of amides is 3. The number of aliphatic hydroxyl groups excluding tert-OH is 1. The second kappa shape index (κ2) is 10.7. The van der Waals surface area contributed by atoms with E-state index in [0.717, 1.165) is 5.56 Å². The first-order valence-electron chi connectivity index (χ1n) is 12.4. The van der Waals surface area contributed by atoms with Crippen molar-refractivity contribution >= 4 is 51.1 Å². The minimum atomic E-state index is -0.749. The first kappa shape index (κ1) is 26.1. The molecule has 3 heterocycles. The number of carbonyl (C=O) groups excluding carboxylic acids is 3. The lowest BCUT2D eigenvalue weighted by Gasteiger charge is -2.35. The SMILES string of the molecule is COc1ccc(NC(=O)C2N(CCCO)C(=O)[C@@H]3[C@@H](C(=O)NCc4ccccc4)[C@@H]4SC23CC4Br)cc1. The van der Waals surface area contributed by atoms with Gasteiger partial charge in [0.25, 0.3) is 0 Å². The number of ether oxygens (including phenoxy) is 1. The first-order chi connectivity index (χ1) is 17.9. The predicted octanol–water partition coefficient (Wildman–Crippen LogP) is 2.80. The van der Waals surface area contributed by atoms with E-state index < -0.39 is 22.6 Å². The van der Waals surface area contributed by atoms with Gasteiger partial charge in [-0.15, -0.1) is 11.8 Å². The Morgan fingerprint density at radius 3 is 2.57 bits per heavy atom. The third-order valence-electron chi connectivity index (χ3n) is 7.56. The van der Waals surface area contributed by atoms with E-state index in [1.165, 1.54) is 0 Å². The molecule has 0 radical (unpaired) electrons. The molecule has 3 N–H and O–H groups in total. The average molecular weight is 589 g/mol. The van der Waals surface area contributed by atoms with Crippen LogP contribution in [0.1, 0.15) is 18.4 Å². The Morgan fingerprint density at radius 1 is 1.16 bits per heavy atom. The number of halogens is 1. The van der Waals surface area contributed by atoms with Crippen LogP contribution in [0.2, 0.25) is 0 Å². The number of nitrogens with one attached hydrogen (secondary N) is 2. The van der Waals surface area contributed by atoms with Crippen LogP contribution >= 0.6 is 27.7 Å². The van der Waals surface area contributed by atoms with Crippen molar-refractivity contribution < 1.29 is 24.2 Å². The van der Waals surface area contributed by atoms with Crippen LogP contribution in [-0.4, -0.2) is 68.9 Å². The summed E-state index contributed by atoms with van der Waals surface area (Å²) in [6.07, 6.45) is 0.967. The van der Waals surface area contributed by atoms with Gasteiger partial charge in [0, 0.05) is 35.5 Å². The molecule has 0 saturated carbocycles. The minimum absolute atomic E-state index is 0.00287. The monoisotopic (exact) mass is 587 g/mol. The number of hydrogen-bond acceptors (Lipinski definition) is 6. The maximum Gasteiger partial charge on any atom is 0.248 e. The molecule has 10 heteroatoms. The van der Waals surface area contributed by atoms with Gasteiger partial charge < -0.3 is 25.4 Å². The smallest absolute Gasteiger partial charge is 0.248 e. The van der Waals surface area contributed by atoms with Gasteiger partial charge in [0.15, 0.2) is 0 Å². The summed E-state index contributed by atoms with van der Waals surface area (Å²) in [5.41, 5.74) is 1.58. The first-order valence-corrected chi connectivity index (χ1v) is 14.2. The van der Waals surface area contributed by atoms with Crippen LogP contribution < -0.4 is 15.4 Å². The van der Waals surface area contributed by atoms with Crippen molar-refractivity contribution in [1.82, 2.24) is 10.2 Å². The van der Waals surface area contributed by atoms with E-state index in [1.54, 1.807) is 48.0 Å². The molecule has 3 aliphatic rings. The lowest BCUT2D eigenvalue weighted by molar-refractivity contribution is -0.139. The van der Waals surface area contributed by atoms with Crippen LogP contribution in [0, 0.1) is 11.8 Å². The highest BCUT2D eigenvalue weighted by atomic mass is 79.9. The summed E-state index contributed by atoms with van der Waals surface area (Å²) in [7, 11) is 1.58. The highest BCUT2D eigenvalue weighted by Crippen LogP contribution is 2.67. The predicted molar refractivity (Wildman–Crippen MR) is 146 cm³/mol. The molecule has 1 spiro atoms. The van der Waals surface area contributed by atoms with Crippen molar-refractivity contribution in [2.45, 2.75) is 40.3 Å². The Morgan fingerprint density at radius 2 is 1.89 bits per heavy atom. The van der Waals surface area contributed by atoms with Gasteiger partial charge in [-0.05, 0) is 42.7 Å². The second-order valence-electron chi connectivity index (χ2n) is 9.69. The number of hydrogen-bond donors (Lipinski definition) is 3. The highest BCUT2D eigenvalue weighted by Gasteiger charge is 2.75. The Hall–Kier alpha value is -2.56. The summed E-state index contributed by atoms with van der Waals surface area (Å²) in [5.74, 6) is -1.10. The van der Waals surface area contributed by atoms with Crippen molar-refractivity contribution in [3.63, 3.8) is 0 Å². The van der Waals surface area contributed by atoms with Gasteiger partial charge in [0.2, 0.25) is 17.7 Å². The lowest BCUT2D eigenvalue weighted by Crippen LogP contribution is -2.53. The number of alkyl halides is 1. The zero-order valence-electron chi connectivity index (χ0n) is 20.4. The molecular formula is C27H30BrN3O5S. The van der Waals surface area contributed by atoms with Crippen molar-refractivity contribution in [1.29, 1.82) is 0 Å². The van der Waals surface area contributed by atoms with Crippen LogP contribution in [0.4, 0.5) is 5.69 Å². The zero-order chi connectivity index (χ0) is 26.2. The normalized spacial score (nSPS) is 29.8. The summed E-state index contributed by atoms with van der Waals surface area (Å²) in [4.78, 5) is 42.8. The molecule has 3 aliphatic heterocycles. The zero-order valence-corrected chi connectivity index (χ0v) is 22.8. The topological polar surface area (TPSA) is 108 Å². The molecule has 2 aromatic carbocycles. The number of aliphatic hydroxyl groups is 1. The van der Waals surface area contributed by atoms with Crippen molar-refractivity contribution in [2.75, 3.05) is 25.6 Å². The average Bonchev–Trinajstić information content (AvgIpc) is 3.50. The molecular weight excluding hydrogens is 558 g/mol. The molecule has 0 aromatic heterocycles. The molecule has 5 rings (SSSR count). The van der Waals surface area contributed by atoms with E-state index >= 15 is 0 Å². The highest BCUT2D eigenvalue weighted by molar-refractivity contribution is 9.09. The van der Waals surface area contributed by atoms with E-state index in [4.69, 9.17) is 4.74 Å². The number of carbonyl (C=O) groups is 3. The van der Waals surface area contributed by atoms with Crippen molar-refractivity contribution in [3.8, 4) is 5.75 Å². The summed E-state index contributed by atoms with van der Waals surface area (Å²) < 4.78 is 4.48. The number of likely N-dealkylation sites (tertiary alicyclic amines) is 1. The van der Waals surface area contributed by atoms with Gasteiger partial charge in [-0.1, -0.05) is 46.3 Å². The molecule has 8 nitrogen and oxygen atoms in total. The largest absolute Gasteiger partial charge is 0.497 e.